The van der Waals surface area contributed by atoms with Crippen molar-refractivity contribution in [1.29, 1.82) is 5.26 Å². The number of rotatable bonds is 1. The number of ether oxygens (including phenoxy) is 1. The minimum Gasteiger partial charge on any atom is -0.508 e. The zero-order valence-electron chi connectivity index (χ0n) is 10.9. The average Bonchev–Trinajstić information content (AvgIpc) is 2.46. The molecule has 0 aromatic heterocycles. The van der Waals surface area contributed by atoms with Crippen LogP contribution in [0.1, 0.15) is 17.0 Å². The first-order valence-corrected chi connectivity index (χ1v) is 6.29. The molecule has 4 N–H and O–H groups in total. The normalized spacial score (nSPS) is 16.8. The number of nitrogens with two attached hydrogens (primary N) is 1. The lowest BCUT2D eigenvalue weighted by Gasteiger charge is -2.26. The highest BCUT2D eigenvalue weighted by atomic mass is 16.5. The van der Waals surface area contributed by atoms with Gasteiger partial charge in [-0.1, -0.05) is 18.2 Å². The molecule has 0 amide bonds. The summed E-state index contributed by atoms with van der Waals surface area (Å²) in [5, 5.41) is 28.3. The number of hydrogen-bond donors (Lipinski definition) is 3. The van der Waals surface area contributed by atoms with Crippen LogP contribution >= 0.6 is 0 Å². The summed E-state index contributed by atoms with van der Waals surface area (Å²) in [6, 6.07) is 13.3. The molecule has 5 nitrogen and oxygen atoms in total. The van der Waals surface area contributed by atoms with Crippen LogP contribution in [0.15, 0.2) is 53.9 Å². The quantitative estimate of drug-likeness (QED) is 0.744. The first kappa shape index (κ1) is 12.9. The number of benzene rings is 2. The predicted molar refractivity (Wildman–Crippen MR) is 75.5 cm³/mol. The Balaban J connectivity index is 2.21. The van der Waals surface area contributed by atoms with E-state index in [1.807, 2.05) is 0 Å². The van der Waals surface area contributed by atoms with Gasteiger partial charge in [-0.25, -0.2) is 0 Å². The van der Waals surface area contributed by atoms with Gasteiger partial charge in [0.2, 0.25) is 5.88 Å². The van der Waals surface area contributed by atoms with E-state index in [1.54, 1.807) is 30.3 Å². The molecule has 3 rings (SSSR count). The van der Waals surface area contributed by atoms with E-state index in [0.29, 0.717) is 11.3 Å². The van der Waals surface area contributed by atoms with E-state index in [4.69, 9.17) is 10.5 Å². The molecule has 104 valence electrons. The average molecular weight is 280 g/mol. The number of phenols is 2. The molecule has 0 spiro atoms. The highest BCUT2D eigenvalue weighted by molar-refractivity contribution is 5.57. The van der Waals surface area contributed by atoms with Crippen LogP contribution in [0.2, 0.25) is 0 Å². The third-order valence-electron chi connectivity index (χ3n) is 3.43. The van der Waals surface area contributed by atoms with Gasteiger partial charge < -0.3 is 20.7 Å². The van der Waals surface area contributed by atoms with Crippen molar-refractivity contribution in [3.05, 3.63) is 65.0 Å². The van der Waals surface area contributed by atoms with Crippen molar-refractivity contribution in [2.45, 2.75) is 5.92 Å². The number of phenolic OH excluding ortho intramolecular Hbond substituents is 2. The second-order valence-electron chi connectivity index (χ2n) is 4.74. The Bertz CT molecular complexity index is 773. The maximum absolute atomic E-state index is 9.56. The van der Waals surface area contributed by atoms with Gasteiger partial charge in [0, 0.05) is 11.6 Å². The van der Waals surface area contributed by atoms with E-state index in [2.05, 4.69) is 6.07 Å². The first-order chi connectivity index (χ1) is 10.1. The van der Waals surface area contributed by atoms with Gasteiger partial charge in [0.25, 0.3) is 0 Å². The van der Waals surface area contributed by atoms with Crippen LogP contribution in [0.5, 0.6) is 17.2 Å². The maximum atomic E-state index is 9.56. The summed E-state index contributed by atoms with van der Waals surface area (Å²) in [4.78, 5) is 0. The predicted octanol–water partition coefficient (Wildman–Crippen LogP) is 2.32. The standard InChI is InChI=1S/C16H12N2O3/c17-8-13-15(9-1-3-10(19)4-2-9)12-6-5-11(20)7-14(12)21-16(13)18/h1-7,15,19-20H,18H2/t15-/m1/s1. The monoisotopic (exact) mass is 280 g/mol. The zero-order chi connectivity index (χ0) is 15.0. The largest absolute Gasteiger partial charge is 0.508 e. The van der Waals surface area contributed by atoms with Gasteiger partial charge in [0.15, 0.2) is 0 Å². The molecular formula is C16H12N2O3. The van der Waals surface area contributed by atoms with Gasteiger partial charge in [-0.05, 0) is 23.8 Å². The molecule has 0 unspecified atom stereocenters. The van der Waals surface area contributed by atoms with Gasteiger partial charge in [-0.2, -0.15) is 5.26 Å². The van der Waals surface area contributed by atoms with Crippen LogP contribution in [0, 0.1) is 11.3 Å². The Morgan fingerprint density at radius 1 is 1.05 bits per heavy atom. The van der Waals surface area contributed by atoms with Crippen LogP contribution in [-0.4, -0.2) is 10.2 Å². The van der Waals surface area contributed by atoms with Gasteiger partial charge >= 0.3 is 0 Å². The number of nitriles is 1. The number of fused-ring (bicyclic) bond motifs is 1. The molecule has 2 aromatic rings. The molecule has 1 atom stereocenters. The smallest absolute Gasteiger partial charge is 0.205 e. The number of hydrogen-bond acceptors (Lipinski definition) is 5. The van der Waals surface area contributed by atoms with Gasteiger partial charge in [-0.15, -0.1) is 0 Å². The van der Waals surface area contributed by atoms with Crippen molar-refractivity contribution in [2.24, 2.45) is 5.73 Å². The van der Waals surface area contributed by atoms with E-state index >= 15 is 0 Å². The van der Waals surface area contributed by atoms with Crippen LogP contribution in [-0.2, 0) is 0 Å². The third kappa shape index (κ3) is 2.13. The Hall–Kier alpha value is -3.13. The SMILES string of the molecule is N#CC1=C(N)Oc2cc(O)ccc2[C@H]1c1ccc(O)cc1. The lowest BCUT2D eigenvalue weighted by atomic mass is 9.83. The topological polar surface area (TPSA) is 99.5 Å². The molecule has 0 bridgehead atoms. The third-order valence-corrected chi connectivity index (χ3v) is 3.43. The summed E-state index contributed by atoms with van der Waals surface area (Å²) < 4.78 is 5.42. The molecule has 5 heteroatoms. The molecular weight excluding hydrogens is 268 g/mol. The number of nitrogens with zero attached hydrogens (tertiary/aromatic N) is 1. The Kier molecular flexibility index (Phi) is 2.92. The van der Waals surface area contributed by atoms with E-state index in [1.165, 1.54) is 12.1 Å². The number of allylic oxidation sites excluding steroid dienone is 1. The van der Waals surface area contributed by atoms with Crippen LogP contribution < -0.4 is 10.5 Å². The van der Waals surface area contributed by atoms with Crippen molar-refractivity contribution >= 4 is 0 Å². The van der Waals surface area contributed by atoms with Gasteiger partial charge in [0.1, 0.15) is 28.9 Å². The summed E-state index contributed by atoms with van der Waals surface area (Å²) in [7, 11) is 0. The molecule has 1 aliphatic heterocycles. The Morgan fingerprint density at radius 2 is 1.71 bits per heavy atom. The van der Waals surface area contributed by atoms with Crippen molar-refractivity contribution in [1.82, 2.24) is 0 Å². The number of aromatic hydroxyl groups is 2. The molecule has 0 fully saturated rings. The lowest BCUT2D eigenvalue weighted by molar-refractivity contribution is 0.388. The summed E-state index contributed by atoms with van der Waals surface area (Å²) >= 11 is 0. The van der Waals surface area contributed by atoms with Crippen molar-refractivity contribution < 1.29 is 14.9 Å². The fourth-order valence-electron chi connectivity index (χ4n) is 2.45. The van der Waals surface area contributed by atoms with Crippen LogP contribution in [0.4, 0.5) is 0 Å². The van der Waals surface area contributed by atoms with E-state index < -0.39 is 0 Å². The summed E-state index contributed by atoms with van der Waals surface area (Å²) in [5.74, 6) is 0.261. The highest BCUT2D eigenvalue weighted by Crippen LogP contribution is 2.43. The Morgan fingerprint density at radius 3 is 2.38 bits per heavy atom. The first-order valence-electron chi connectivity index (χ1n) is 6.29. The molecule has 1 aliphatic rings. The second-order valence-corrected chi connectivity index (χ2v) is 4.74. The molecule has 0 saturated heterocycles. The van der Waals surface area contributed by atoms with Crippen molar-refractivity contribution in [3.8, 4) is 23.3 Å². The second kappa shape index (κ2) is 4.76. The minimum atomic E-state index is -0.389. The van der Waals surface area contributed by atoms with E-state index in [0.717, 1.165) is 11.1 Å². The molecule has 1 heterocycles. The molecule has 0 saturated carbocycles. The van der Waals surface area contributed by atoms with Gasteiger partial charge in [-0.3, -0.25) is 0 Å². The van der Waals surface area contributed by atoms with Crippen molar-refractivity contribution in [3.63, 3.8) is 0 Å². The van der Waals surface area contributed by atoms with Gasteiger partial charge in [0.05, 0.1) is 5.92 Å². The highest BCUT2D eigenvalue weighted by Gasteiger charge is 2.30. The summed E-state index contributed by atoms with van der Waals surface area (Å²) in [5.41, 5.74) is 7.67. The fraction of sp³-hybridized carbons (Fsp3) is 0.0625. The summed E-state index contributed by atoms with van der Waals surface area (Å²) in [6.45, 7) is 0. The molecule has 21 heavy (non-hydrogen) atoms. The summed E-state index contributed by atoms with van der Waals surface area (Å²) in [6.07, 6.45) is 0. The molecule has 0 radical (unpaired) electrons. The van der Waals surface area contributed by atoms with Crippen LogP contribution in [0.25, 0.3) is 0 Å². The molecule has 2 aromatic carbocycles. The van der Waals surface area contributed by atoms with Crippen molar-refractivity contribution in [2.75, 3.05) is 0 Å². The minimum absolute atomic E-state index is 0.0219. The lowest BCUT2D eigenvalue weighted by Crippen LogP contribution is -2.20. The van der Waals surface area contributed by atoms with E-state index in [-0.39, 0.29) is 23.3 Å². The molecule has 0 aliphatic carbocycles. The maximum Gasteiger partial charge on any atom is 0.205 e. The van der Waals surface area contributed by atoms with E-state index in [9.17, 15) is 15.5 Å². The zero-order valence-corrected chi connectivity index (χ0v) is 10.9. The Labute approximate surface area is 121 Å². The van der Waals surface area contributed by atoms with Crippen LogP contribution in [0.3, 0.4) is 0 Å². The fourth-order valence-corrected chi connectivity index (χ4v) is 2.45.